The first kappa shape index (κ1) is 23.1. The molecule has 0 radical (unpaired) electrons. The Balaban J connectivity index is 1.26. The molecule has 4 rings (SSSR count). The van der Waals surface area contributed by atoms with E-state index < -0.39 is 0 Å². The van der Waals surface area contributed by atoms with E-state index in [1.807, 2.05) is 41.9 Å². The molecule has 1 saturated heterocycles. The van der Waals surface area contributed by atoms with Gasteiger partial charge in [-0.2, -0.15) is 0 Å². The standard InChI is InChI=1S/C27H35N3O3/c1-4-9-20(2)30-24-15-14-23(16-25(24)28(3)27(30)32)29-17-22(18-29)12-8-13-26(31)33-19-21-10-6-5-7-11-21/h5-7,10-11,14-16,20,22H,4,8-9,12-13,17-19H2,1-3H3. The highest BCUT2D eigenvalue weighted by Gasteiger charge is 2.27. The smallest absolute Gasteiger partial charge is 0.329 e. The maximum atomic E-state index is 12.8. The van der Waals surface area contributed by atoms with Gasteiger partial charge in [-0.1, -0.05) is 43.7 Å². The van der Waals surface area contributed by atoms with Crippen molar-refractivity contribution in [3.63, 3.8) is 0 Å². The molecule has 1 atom stereocenters. The largest absolute Gasteiger partial charge is 0.461 e. The molecule has 0 bridgehead atoms. The quantitative estimate of drug-likeness (QED) is 0.407. The number of carbonyl (C=O) groups excluding carboxylic acids is 1. The molecule has 6 nitrogen and oxygen atoms in total. The number of carbonyl (C=O) groups is 1. The van der Waals surface area contributed by atoms with Crippen molar-refractivity contribution in [1.29, 1.82) is 0 Å². The SMILES string of the molecule is CCCC(C)n1c(=O)n(C)c2cc(N3CC(CCCC(=O)OCc4ccccc4)C3)ccc21. The van der Waals surface area contributed by atoms with Crippen LogP contribution < -0.4 is 10.6 Å². The minimum Gasteiger partial charge on any atom is -0.461 e. The number of nitrogens with zero attached hydrogens (tertiary/aromatic N) is 3. The van der Waals surface area contributed by atoms with Gasteiger partial charge in [0.2, 0.25) is 0 Å². The fourth-order valence-corrected chi connectivity index (χ4v) is 4.83. The normalized spacial score (nSPS) is 14.9. The van der Waals surface area contributed by atoms with Gasteiger partial charge >= 0.3 is 11.7 Å². The van der Waals surface area contributed by atoms with Gasteiger partial charge < -0.3 is 9.64 Å². The Morgan fingerprint density at radius 2 is 1.88 bits per heavy atom. The van der Waals surface area contributed by atoms with Crippen molar-refractivity contribution >= 4 is 22.7 Å². The fourth-order valence-electron chi connectivity index (χ4n) is 4.83. The molecular weight excluding hydrogens is 414 g/mol. The minimum atomic E-state index is -0.122. The molecule has 1 fully saturated rings. The summed E-state index contributed by atoms with van der Waals surface area (Å²) < 4.78 is 9.06. The second-order valence-corrected chi connectivity index (χ2v) is 9.33. The van der Waals surface area contributed by atoms with E-state index in [1.54, 1.807) is 4.57 Å². The Labute approximate surface area is 195 Å². The third kappa shape index (κ3) is 5.15. The first-order chi connectivity index (χ1) is 16.0. The van der Waals surface area contributed by atoms with Crippen molar-refractivity contribution in [2.45, 2.75) is 58.6 Å². The van der Waals surface area contributed by atoms with Gasteiger partial charge in [-0.05, 0) is 55.9 Å². The van der Waals surface area contributed by atoms with Crippen LogP contribution in [0.25, 0.3) is 11.0 Å². The van der Waals surface area contributed by atoms with Crippen LogP contribution in [-0.4, -0.2) is 28.2 Å². The van der Waals surface area contributed by atoms with Gasteiger partial charge in [0.05, 0.1) is 11.0 Å². The third-order valence-electron chi connectivity index (χ3n) is 6.78. The highest BCUT2D eigenvalue weighted by molar-refractivity contribution is 5.81. The fraction of sp³-hybridized carbons (Fsp3) is 0.481. The summed E-state index contributed by atoms with van der Waals surface area (Å²) >= 11 is 0. The molecule has 6 heteroatoms. The van der Waals surface area contributed by atoms with Crippen molar-refractivity contribution in [2.24, 2.45) is 13.0 Å². The molecule has 33 heavy (non-hydrogen) atoms. The lowest BCUT2D eigenvalue weighted by molar-refractivity contribution is -0.145. The summed E-state index contributed by atoms with van der Waals surface area (Å²) in [5.41, 5.74) is 4.24. The van der Waals surface area contributed by atoms with Crippen LogP contribution in [0, 0.1) is 5.92 Å². The average Bonchev–Trinajstić information content (AvgIpc) is 3.04. The molecule has 0 saturated carbocycles. The lowest BCUT2D eigenvalue weighted by Crippen LogP contribution is -2.46. The van der Waals surface area contributed by atoms with Gasteiger partial charge in [0.25, 0.3) is 0 Å². The molecule has 0 spiro atoms. The van der Waals surface area contributed by atoms with E-state index in [0.717, 1.165) is 61.1 Å². The lowest BCUT2D eigenvalue weighted by atomic mass is 9.93. The number of hydrogen-bond acceptors (Lipinski definition) is 4. The summed E-state index contributed by atoms with van der Waals surface area (Å²) in [7, 11) is 1.86. The van der Waals surface area contributed by atoms with E-state index in [-0.39, 0.29) is 17.7 Å². The molecule has 176 valence electrons. The molecule has 3 aromatic rings. The molecular formula is C27H35N3O3. The van der Waals surface area contributed by atoms with Gasteiger partial charge in [-0.15, -0.1) is 0 Å². The second kappa shape index (κ2) is 10.3. The lowest BCUT2D eigenvalue weighted by Gasteiger charge is -2.41. The molecule has 1 aromatic heterocycles. The topological polar surface area (TPSA) is 56.5 Å². The van der Waals surface area contributed by atoms with E-state index in [4.69, 9.17) is 4.74 Å². The summed E-state index contributed by atoms with van der Waals surface area (Å²) in [6.07, 6.45) is 4.41. The van der Waals surface area contributed by atoms with E-state index in [2.05, 4.69) is 36.9 Å². The van der Waals surface area contributed by atoms with E-state index in [9.17, 15) is 9.59 Å². The number of aryl methyl sites for hydroxylation is 1. The highest BCUT2D eigenvalue weighted by atomic mass is 16.5. The summed E-state index contributed by atoms with van der Waals surface area (Å²) in [6.45, 7) is 6.60. The zero-order chi connectivity index (χ0) is 23.4. The summed E-state index contributed by atoms with van der Waals surface area (Å²) in [5.74, 6) is 0.476. The predicted molar refractivity (Wildman–Crippen MR) is 133 cm³/mol. The molecule has 1 aliphatic heterocycles. The number of fused-ring (bicyclic) bond motifs is 1. The Morgan fingerprint density at radius 3 is 2.61 bits per heavy atom. The van der Waals surface area contributed by atoms with E-state index in [0.29, 0.717) is 18.9 Å². The Morgan fingerprint density at radius 1 is 1.12 bits per heavy atom. The average molecular weight is 450 g/mol. The first-order valence-corrected chi connectivity index (χ1v) is 12.1. The summed E-state index contributed by atoms with van der Waals surface area (Å²) in [6, 6.07) is 16.3. The van der Waals surface area contributed by atoms with E-state index in [1.165, 1.54) is 0 Å². The van der Waals surface area contributed by atoms with Gasteiger partial charge in [-0.25, -0.2) is 4.79 Å². The van der Waals surface area contributed by atoms with Crippen LogP contribution in [0.3, 0.4) is 0 Å². The molecule has 2 heterocycles. The predicted octanol–water partition coefficient (Wildman–Crippen LogP) is 5.05. The van der Waals surface area contributed by atoms with Crippen LogP contribution in [0.2, 0.25) is 0 Å². The number of ether oxygens (including phenoxy) is 1. The molecule has 1 aliphatic rings. The van der Waals surface area contributed by atoms with Gasteiger partial charge in [0, 0.05) is 38.3 Å². The second-order valence-electron chi connectivity index (χ2n) is 9.33. The van der Waals surface area contributed by atoms with Gasteiger partial charge in [0.1, 0.15) is 6.61 Å². The van der Waals surface area contributed by atoms with Gasteiger partial charge in [0.15, 0.2) is 0 Å². The molecule has 0 amide bonds. The number of aromatic nitrogens is 2. The zero-order valence-corrected chi connectivity index (χ0v) is 20.0. The van der Waals surface area contributed by atoms with Crippen LogP contribution >= 0.6 is 0 Å². The maximum Gasteiger partial charge on any atom is 0.329 e. The first-order valence-electron chi connectivity index (χ1n) is 12.1. The molecule has 0 aliphatic carbocycles. The number of rotatable bonds is 10. The van der Waals surface area contributed by atoms with Crippen LogP contribution in [0.1, 0.15) is 57.6 Å². The van der Waals surface area contributed by atoms with Crippen molar-refractivity contribution < 1.29 is 9.53 Å². The zero-order valence-electron chi connectivity index (χ0n) is 20.0. The van der Waals surface area contributed by atoms with Crippen LogP contribution in [0.15, 0.2) is 53.3 Å². The Bertz CT molecular complexity index is 1140. The number of imidazole rings is 1. The van der Waals surface area contributed by atoms with Gasteiger partial charge in [-0.3, -0.25) is 13.9 Å². The number of benzene rings is 2. The highest BCUT2D eigenvalue weighted by Crippen LogP contribution is 2.31. The third-order valence-corrected chi connectivity index (χ3v) is 6.78. The van der Waals surface area contributed by atoms with Crippen molar-refractivity contribution in [2.75, 3.05) is 18.0 Å². The minimum absolute atomic E-state index is 0.0590. The Hall–Kier alpha value is -3.02. The molecule has 1 unspecified atom stereocenters. The number of anilines is 1. The van der Waals surface area contributed by atoms with Crippen molar-refractivity contribution in [3.8, 4) is 0 Å². The monoisotopic (exact) mass is 449 g/mol. The number of esters is 1. The van der Waals surface area contributed by atoms with Crippen LogP contribution in [0.4, 0.5) is 5.69 Å². The maximum absolute atomic E-state index is 12.8. The van der Waals surface area contributed by atoms with Crippen LogP contribution in [0.5, 0.6) is 0 Å². The molecule has 0 N–H and O–H groups in total. The number of hydrogen-bond donors (Lipinski definition) is 0. The summed E-state index contributed by atoms with van der Waals surface area (Å²) in [4.78, 5) is 27.2. The van der Waals surface area contributed by atoms with E-state index >= 15 is 0 Å². The Kier molecular flexibility index (Phi) is 7.21. The summed E-state index contributed by atoms with van der Waals surface area (Å²) in [5, 5.41) is 0. The van der Waals surface area contributed by atoms with Crippen molar-refractivity contribution in [3.05, 3.63) is 64.6 Å². The van der Waals surface area contributed by atoms with Crippen LogP contribution in [-0.2, 0) is 23.2 Å². The van der Waals surface area contributed by atoms with Crippen molar-refractivity contribution in [1.82, 2.24) is 9.13 Å². The molecule has 2 aromatic carbocycles.